The summed E-state index contributed by atoms with van der Waals surface area (Å²) in [5.41, 5.74) is 7.61. The average Bonchev–Trinajstić information content (AvgIpc) is 2.89. The van der Waals surface area contributed by atoms with Gasteiger partial charge in [-0.25, -0.2) is 4.79 Å². The molecule has 1 aromatic carbocycles. The minimum Gasteiger partial charge on any atom is -0.480 e. The first-order valence-electron chi connectivity index (χ1n) is 7.72. The van der Waals surface area contributed by atoms with Gasteiger partial charge in [0.15, 0.2) is 0 Å². The molecule has 2 aromatic rings. The molecule has 2 rings (SSSR count). The van der Waals surface area contributed by atoms with E-state index in [1.165, 1.54) is 0 Å². The first kappa shape index (κ1) is 17.0. The Balaban J connectivity index is 2.10. The number of nitrogens with one attached hydrogen (secondary N) is 2. The van der Waals surface area contributed by atoms with E-state index in [-0.39, 0.29) is 12.3 Å². The number of amides is 1. The van der Waals surface area contributed by atoms with Crippen LogP contribution in [0.2, 0.25) is 0 Å². The Morgan fingerprint density at radius 3 is 2.65 bits per heavy atom. The van der Waals surface area contributed by atoms with Gasteiger partial charge in [-0.15, -0.1) is 0 Å². The molecule has 1 heterocycles. The lowest BCUT2D eigenvalue weighted by atomic mass is 10.0. The second-order valence-electron chi connectivity index (χ2n) is 6.20. The van der Waals surface area contributed by atoms with Gasteiger partial charge in [0.05, 0.1) is 6.04 Å². The molecule has 0 radical (unpaired) electrons. The lowest BCUT2D eigenvalue weighted by molar-refractivity contribution is -0.142. The zero-order valence-corrected chi connectivity index (χ0v) is 13.4. The van der Waals surface area contributed by atoms with Crippen molar-refractivity contribution in [1.29, 1.82) is 0 Å². The highest BCUT2D eigenvalue weighted by Crippen LogP contribution is 2.19. The predicted octanol–water partition coefficient (Wildman–Crippen LogP) is 1.65. The number of nitrogens with two attached hydrogens (primary N) is 1. The van der Waals surface area contributed by atoms with Gasteiger partial charge in [-0.05, 0) is 24.0 Å². The summed E-state index contributed by atoms with van der Waals surface area (Å²) >= 11 is 0. The smallest absolute Gasteiger partial charge is 0.326 e. The Morgan fingerprint density at radius 1 is 1.30 bits per heavy atom. The van der Waals surface area contributed by atoms with Crippen molar-refractivity contribution in [2.75, 3.05) is 0 Å². The van der Waals surface area contributed by atoms with Gasteiger partial charge < -0.3 is 21.1 Å². The summed E-state index contributed by atoms with van der Waals surface area (Å²) in [6, 6.07) is 5.95. The molecule has 0 saturated carbocycles. The molecule has 0 fully saturated rings. The zero-order valence-electron chi connectivity index (χ0n) is 13.4. The van der Waals surface area contributed by atoms with Gasteiger partial charge in [0.1, 0.15) is 6.04 Å². The van der Waals surface area contributed by atoms with Crippen LogP contribution in [0.25, 0.3) is 10.9 Å². The van der Waals surface area contributed by atoms with Gasteiger partial charge in [-0.2, -0.15) is 0 Å². The highest BCUT2D eigenvalue weighted by Gasteiger charge is 2.24. The Kier molecular flexibility index (Phi) is 5.39. The molecule has 0 saturated heterocycles. The number of hydrogen-bond acceptors (Lipinski definition) is 3. The third-order valence-electron chi connectivity index (χ3n) is 3.78. The van der Waals surface area contributed by atoms with Crippen LogP contribution >= 0.6 is 0 Å². The van der Waals surface area contributed by atoms with E-state index in [0.29, 0.717) is 6.42 Å². The third-order valence-corrected chi connectivity index (χ3v) is 3.78. The number of carboxylic acids is 1. The number of rotatable bonds is 7. The fourth-order valence-electron chi connectivity index (χ4n) is 2.61. The van der Waals surface area contributed by atoms with E-state index in [0.717, 1.165) is 16.5 Å². The van der Waals surface area contributed by atoms with Crippen LogP contribution in [0.5, 0.6) is 0 Å². The van der Waals surface area contributed by atoms with E-state index >= 15 is 0 Å². The Hall–Kier alpha value is -2.34. The van der Waals surface area contributed by atoms with E-state index in [1.54, 1.807) is 6.20 Å². The molecule has 0 spiro atoms. The lowest BCUT2D eigenvalue weighted by Gasteiger charge is -2.18. The Morgan fingerprint density at radius 2 is 2.00 bits per heavy atom. The number of carbonyl (C=O) groups excluding carboxylic acids is 1. The molecule has 6 heteroatoms. The molecular formula is C17H23N3O3. The monoisotopic (exact) mass is 317 g/mol. The summed E-state index contributed by atoms with van der Waals surface area (Å²) in [5, 5.41) is 12.9. The van der Waals surface area contributed by atoms with Crippen molar-refractivity contribution >= 4 is 22.8 Å². The fourth-order valence-corrected chi connectivity index (χ4v) is 2.61. The molecule has 0 bridgehead atoms. The second-order valence-corrected chi connectivity index (χ2v) is 6.20. The molecule has 1 amide bonds. The fraction of sp³-hybridized carbons (Fsp3) is 0.412. The molecule has 6 nitrogen and oxygen atoms in total. The van der Waals surface area contributed by atoms with Gasteiger partial charge in [0.2, 0.25) is 5.91 Å². The van der Waals surface area contributed by atoms with Crippen LogP contribution < -0.4 is 11.1 Å². The number of aliphatic carboxylic acids is 1. The first-order chi connectivity index (χ1) is 10.9. The zero-order chi connectivity index (χ0) is 17.0. The molecular weight excluding hydrogens is 294 g/mol. The maximum absolute atomic E-state index is 12.1. The maximum Gasteiger partial charge on any atom is 0.326 e. The van der Waals surface area contributed by atoms with Crippen molar-refractivity contribution in [2.45, 2.75) is 38.8 Å². The van der Waals surface area contributed by atoms with Crippen molar-refractivity contribution in [3.8, 4) is 0 Å². The molecule has 124 valence electrons. The standard InChI is InChI=1S/C17H23N3O3/c1-10(2)7-13(18)16(21)20-15(17(22)23)8-11-9-19-14-6-4-3-5-12(11)14/h3-6,9-10,13,15,19H,7-8,18H2,1-2H3,(H,20,21)(H,22,23)/t13-,15-/m0/s1. The Labute approximate surface area is 135 Å². The number of para-hydroxylation sites is 1. The summed E-state index contributed by atoms with van der Waals surface area (Å²) in [7, 11) is 0. The highest BCUT2D eigenvalue weighted by atomic mass is 16.4. The van der Waals surface area contributed by atoms with Crippen LogP contribution in [0.4, 0.5) is 0 Å². The van der Waals surface area contributed by atoms with Gasteiger partial charge in [0, 0.05) is 23.5 Å². The van der Waals surface area contributed by atoms with E-state index in [4.69, 9.17) is 5.73 Å². The maximum atomic E-state index is 12.1. The number of aromatic nitrogens is 1. The molecule has 0 aliphatic rings. The number of hydrogen-bond donors (Lipinski definition) is 4. The van der Waals surface area contributed by atoms with Crippen LogP contribution in [0, 0.1) is 5.92 Å². The number of carboxylic acid groups (broad SMARTS) is 1. The minimum atomic E-state index is -1.07. The van der Waals surface area contributed by atoms with E-state index < -0.39 is 24.0 Å². The van der Waals surface area contributed by atoms with Crippen molar-refractivity contribution in [3.63, 3.8) is 0 Å². The van der Waals surface area contributed by atoms with Crippen LogP contribution in [0.15, 0.2) is 30.5 Å². The third kappa shape index (κ3) is 4.32. The SMILES string of the molecule is CC(C)C[C@H](N)C(=O)N[C@@H](Cc1c[nH]c2ccccc12)C(=O)O. The van der Waals surface area contributed by atoms with E-state index in [1.807, 2.05) is 38.1 Å². The molecule has 23 heavy (non-hydrogen) atoms. The first-order valence-corrected chi connectivity index (χ1v) is 7.72. The van der Waals surface area contributed by atoms with Crippen LogP contribution in [0.3, 0.4) is 0 Å². The molecule has 0 aliphatic heterocycles. The molecule has 5 N–H and O–H groups in total. The summed E-state index contributed by atoms with van der Waals surface area (Å²) in [6.07, 6.45) is 2.51. The predicted molar refractivity (Wildman–Crippen MR) is 89.0 cm³/mol. The van der Waals surface area contributed by atoms with Gasteiger partial charge in [-0.1, -0.05) is 32.0 Å². The van der Waals surface area contributed by atoms with Crippen molar-refractivity contribution in [1.82, 2.24) is 10.3 Å². The number of aromatic amines is 1. The van der Waals surface area contributed by atoms with Crippen LogP contribution in [-0.4, -0.2) is 34.1 Å². The minimum absolute atomic E-state index is 0.208. The highest BCUT2D eigenvalue weighted by molar-refractivity contribution is 5.88. The number of H-pyrrole nitrogens is 1. The summed E-state index contributed by atoms with van der Waals surface area (Å²) in [6.45, 7) is 3.93. The summed E-state index contributed by atoms with van der Waals surface area (Å²) in [5.74, 6) is -1.22. The number of carbonyl (C=O) groups is 2. The summed E-state index contributed by atoms with van der Waals surface area (Å²) < 4.78 is 0. The van der Waals surface area contributed by atoms with Gasteiger partial charge in [-0.3, -0.25) is 4.79 Å². The average molecular weight is 317 g/mol. The summed E-state index contributed by atoms with van der Waals surface area (Å²) in [4.78, 5) is 26.7. The van der Waals surface area contributed by atoms with Crippen LogP contribution in [-0.2, 0) is 16.0 Å². The molecule has 1 aromatic heterocycles. The largest absolute Gasteiger partial charge is 0.480 e. The number of fused-ring (bicyclic) bond motifs is 1. The van der Waals surface area contributed by atoms with Crippen molar-refractivity contribution in [2.24, 2.45) is 11.7 Å². The molecule has 2 atom stereocenters. The van der Waals surface area contributed by atoms with Gasteiger partial charge in [0.25, 0.3) is 0 Å². The second kappa shape index (κ2) is 7.28. The Bertz CT molecular complexity index is 693. The van der Waals surface area contributed by atoms with Crippen LogP contribution in [0.1, 0.15) is 25.8 Å². The molecule has 0 aliphatic carbocycles. The quantitative estimate of drug-likeness (QED) is 0.622. The van der Waals surface area contributed by atoms with Crippen molar-refractivity contribution in [3.05, 3.63) is 36.0 Å². The topological polar surface area (TPSA) is 108 Å². The van der Waals surface area contributed by atoms with E-state index in [2.05, 4.69) is 10.3 Å². The van der Waals surface area contributed by atoms with Gasteiger partial charge >= 0.3 is 5.97 Å². The normalized spacial score (nSPS) is 13.9. The van der Waals surface area contributed by atoms with E-state index in [9.17, 15) is 14.7 Å². The van der Waals surface area contributed by atoms with Crippen molar-refractivity contribution < 1.29 is 14.7 Å². The lowest BCUT2D eigenvalue weighted by Crippen LogP contribution is -2.49. The number of benzene rings is 1. The molecule has 0 unspecified atom stereocenters.